The summed E-state index contributed by atoms with van der Waals surface area (Å²) in [5.74, 6) is 17.5. The number of Topliss-reactive ketones (excluding diaryl/α,β-unsaturated/α-hetero) is 7. The van der Waals surface area contributed by atoms with Gasteiger partial charge in [-0.1, -0.05) is 136 Å². The number of thioether (sulfide) groups is 14. The lowest BCUT2D eigenvalue weighted by atomic mass is 9.98. The first-order valence-corrected chi connectivity index (χ1v) is 73.5. The van der Waals surface area contributed by atoms with E-state index < -0.39 is 110 Å². The Bertz CT molecular complexity index is 4650. The van der Waals surface area contributed by atoms with Crippen molar-refractivity contribution in [3.63, 3.8) is 0 Å². The zero-order valence-electron chi connectivity index (χ0n) is 94.8. The summed E-state index contributed by atoms with van der Waals surface area (Å²) in [6.07, 6.45) is 8.76. The van der Waals surface area contributed by atoms with E-state index in [0.29, 0.717) is 29.6 Å². The Kier molecular flexibility index (Phi) is 58.8. The summed E-state index contributed by atoms with van der Waals surface area (Å²) >= 11 is 24.0. The topological polar surface area (TPSA) is 323 Å². The first-order chi connectivity index (χ1) is 68.4. The molecule has 7 heterocycles. The van der Waals surface area contributed by atoms with Gasteiger partial charge in [-0.2, -0.15) is 0 Å². The monoisotopic (exact) mass is 2450 g/mol. The quantitative estimate of drug-likeness (QED) is 0.0277. The van der Waals surface area contributed by atoms with Crippen molar-refractivity contribution in [2.75, 3.05) is 80.5 Å². The van der Waals surface area contributed by atoms with Crippen LogP contribution in [0.2, 0.25) is 0 Å². The van der Waals surface area contributed by atoms with Gasteiger partial charge in [0.05, 0.1) is 142 Å². The second-order valence-corrected chi connectivity index (χ2v) is 79.8. The number of carbonyl (C=O) groups is 7. The van der Waals surface area contributed by atoms with E-state index >= 15 is 0 Å². The van der Waals surface area contributed by atoms with Crippen LogP contribution >= 0.6 is 165 Å². The Morgan fingerprint density at radius 3 is 0.784 bits per heavy atom. The molecular formula is C106H181N7O14S21. The molecule has 850 valence electrons. The molecule has 0 aromatic heterocycles. The van der Waals surface area contributed by atoms with E-state index in [1.54, 1.807) is 213 Å². The smallest absolute Gasteiger partial charge is 0.157 e. The second-order valence-electron chi connectivity index (χ2n) is 46.0. The molecule has 0 radical (unpaired) electrons. The predicted molar refractivity (Wildman–Crippen MR) is 675 cm³/mol. The molecule has 7 aliphatic heterocycles. The summed E-state index contributed by atoms with van der Waals surface area (Å²) in [6.45, 7) is 68.2. The number of carbonyl (C=O) groups excluding carboxylic acids is 7. The average Bonchev–Trinajstić information content (AvgIpc) is 1.48. The number of aryl methyl sites for hydroxylation is 1. The van der Waals surface area contributed by atoms with Crippen LogP contribution in [0.3, 0.4) is 0 Å². The highest BCUT2D eigenvalue weighted by Gasteiger charge is 2.57. The fourth-order valence-corrected chi connectivity index (χ4v) is 46.5. The molecule has 148 heavy (non-hydrogen) atoms. The molecule has 1 aliphatic carbocycles. The highest BCUT2D eigenvalue weighted by molar-refractivity contribution is 8.25. The van der Waals surface area contributed by atoms with Crippen LogP contribution in [-0.2, 0) is 110 Å². The SMILES string of the molecule is CC(=O)C1(C(CC(C)C)NS(=O)C(C)(C)C)SCCS1.CC(=O)C1(C(CC(C)C)NS(=O)C(C)(C)C)SCCS1.CC(=O)C1(C(CC(C)C)NS(=O)C(C)(C)C)SCCS1.CC(=O)C1(C(CC(C)C)NS(=O)c2ccc(C)cc2)SCCS1.CC(=O)C1(C(CC2CC2)NS(=O)C(C)(C)C)SCCS1.CC(=O)C1(C(NS(=O)C(C)(C)C)c2ccc3ccccc3c2)SCCS1.CCCC(NS(=O)C(C)(C)C)C1(C(C)=O)SCCS1. The molecule has 1 saturated carbocycles. The Hall–Kier alpha value is 1.28. The first-order valence-electron chi connectivity index (χ1n) is 51.7. The third kappa shape index (κ3) is 41.3. The number of hydrogen-bond donors (Lipinski definition) is 7. The van der Waals surface area contributed by atoms with E-state index in [0.717, 1.165) is 152 Å². The number of ketones is 7. The van der Waals surface area contributed by atoms with E-state index in [-0.39, 0.29) is 107 Å². The van der Waals surface area contributed by atoms with Crippen molar-refractivity contribution >= 4 is 293 Å². The zero-order chi connectivity index (χ0) is 112. The molecule has 14 atom stereocenters. The van der Waals surface area contributed by atoms with Gasteiger partial charge in [-0.15, -0.1) is 165 Å². The van der Waals surface area contributed by atoms with E-state index in [4.69, 9.17) is 0 Å². The first kappa shape index (κ1) is 140. The van der Waals surface area contributed by atoms with E-state index in [1.807, 2.05) is 168 Å². The third-order valence-electron chi connectivity index (χ3n) is 24.7. The van der Waals surface area contributed by atoms with Crippen LogP contribution in [0.5, 0.6) is 0 Å². The number of hydrogen-bond acceptors (Lipinski definition) is 28. The van der Waals surface area contributed by atoms with Gasteiger partial charge in [0.15, 0.2) is 40.5 Å². The number of rotatable bonds is 42. The molecule has 11 rings (SSSR count). The van der Waals surface area contributed by atoms with Crippen LogP contribution in [0.4, 0.5) is 0 Å². The van der Waals surface area contributed by atoms with Crippen molar-refractivity contribution in [1.29, 1.82) is 0 Å². The molecule has 3 aromatic carbocycles. The molecule has 14 unspecified atom stereocenters. The molecule has 7 N–H and O–H groups in total. The third-order valence-corrected chi connectivity index (χ3v) is 61.9. The van der Waals surface area contributed by atoms with Gasteiger partial charge >= 0.3 is 0 Å². The predicted octanol–water partition coefficient (Wildman–Crippen LogP) is 24.1. The largest absolute Gasteiger partial charge is 0.297 e. The highest BCUT2D eigenvalue weighted by Crippen LogP contribution is 2.57. The molecule has 8 fully saturated rings. The maximum Gasteiger partial charge on any atom is 0.157 e. The summed E-state index contributed by atoms with van der Waals surface area (Å²) in [4.78, 5) is 87.0. The molecule has 7 saturated heterocycles. The molecule has 21 nitrogen and oxygen atoms in total. The van der Waals surface area contributed by atoms with Crippen molar-refractivity contribution in [3.05, 3.63) is 77.9 Å². The summed E-state index contributed by atoms with van der Waals surface area (Å²) < 4.78 is 105. The standard InChI is InChI=1S/C20H25NO2S3.C17H25NO2S3.C14H25NO2S3.3C14H27NO2S3.C13H25NO2S3/c1-14(22)20(24-11-12-25-20)18(21-26(23)19(2,3)4)17-10-9-15-7-5-6-8-16(15)13-17;1-12(2)11-16(17(14(4)19)21-9-10-22-17)18-23(20)15-7-5-13(3)6-8-15;1-10(16)14(18-7-8-19-14)12(9-11-5-6-11)15-20(17)13(2,3)4;3*1-10(2)9-12(15-20(17)13(4,5)6)14(11(3)16)18-7-8-19-14;1-6-7-11(14-19(16)12(3,4)5)13(10(2)15)17-8-9-18-13/h5-10,13,18,21H,11-12H2,1-4H3;5-8,12,16,18H,9-11H2,1-4H3;11-12,15H,5-9H2,1-4H3;3*10,12,15H,7-9H2,1-6H3;11,14H,6-9H2,1-5H3. The van der Waals surface area contributed by atoms with E-state index in [1.165, 1.54) is 12.8 Å². The van der Waals surface area contributed by atoms with Crippen molar-refractivity contribution in [2.24, 2.45) is 29.6 Å². The van der Waals surface area contributed by atoms with Crippen LogP contribution in [0.15, 0.2) is 71.6 Å². The molecule has 3 aromatic rings. The summed E-state index contributed by atoms with van der Waals surface area (Å²) in [5.41, 5.74) is 2.16. The lowest BCUT2D eigenvalue weighted by molar-refractivity contribution is -0.118. The van der Waals surface area contributed by atoms with Gasteiger partial charge in [0.2, 0.25) is 0 Å². The average molecular weight is 2450 g/mol. The fourth-order valence-electron chi connectivity index (χ4n) is 16.5. The zero-order valence-corrected chi connectivity index (χ0v) is 112. The van der Waals surface area contributed by atoms with Crippen LogP contribution in [0, 0.1) is 36.5 Å². The van der Waals surface area contributed by atoms with Crippen LogP contribution in [-0.4, -0.2) is 244 Å². The van der Waals surface area contributed by atoms with E-state index in [9.17, 15) is 63.0 Å². The lowest BCUT2D eigenvalue weighted by Crippen LogP contribution is -2.53. The van der Waals surface area contributed by atoms with Crippen molar-refractivity contribution in [1.82, 2.24) is 33.1 Å². The minimum atomic E-state index is -1.31. The minimum Gasteiger partial charge on any atom is -0.297 e. The molecular weight excluding hydrogens is 2270 g/mol. The summed E-state index contributed by atoms with van der Waals surface area (Å²) in [7, 11) is -8.29. The van der Waals surface area contributed by atoms with Gasteiger partial charge in [0.1, 0.15) is 39.5 Å². The van der Waals surface area contributed by atoms with E-state index in [2.05, 4.69) is 126 Å². The fraction of sp³-hybridized carbons (Fsp3) is 0.783. The Balaban J connectivity index is 0.000000304. The van der Waals surface area contributed by atoms with Gasteiger partial charge in [0, 0.05) is 80.5 Å². The Labute approximate surface area is 970 Å². The van der Waals surface area contributed by atoms with Crippen LogP contribution in [0.1, 0.15) is 310 Å². The molecule has 0 spiro atoms. The van der Waals surface area contributed by atoms with Crippen molar-refractivity contribution in [3.8, 4) is 0 Å². The van der Waals surface area contributed by atoms with Gasteiger partial charge in [-0.05, 0) is 283 Å². The summed E-state index contributed by atoms with van der Waals surface area (Å²) in [6, 6.07) is 21.6. The van der Waals surface area contributed by atoms with Crippen molar-refractivity contribution in [2.45, 2.75) is 404 Å². The molecule has 0 bridgehead atoms. The number of benzene rings is 3. The summed E-state index contributed by atoms with van der Waals surface area (Å²) in [5, 5.41) is 2.29. The molecule has 0 amide bonds. The highest BCUT2D eigenvalue weighted by atomic mass is 32.2. The normalized spacial score (nSPS) is 21.6. The lowest BCUT2D eigenvalue weighted by Gasteiger charge is -2.36. The molecule has 42 heteroatoms. The Morgan fingerprint density at radius 2 is 0.534 bits per heavy atom. The van der Waals surface area contributed by atoms with Crippen molar-refractivity contribution < 1.29 is 63.0 Å². The van der Waals surface area contributed by atoms with Gasteiger partial charge in [0.25, 0.3) is 0 Å². The maximum atomic E-state index is 12.9. The maximum absolute atomic E-state index is 12.9. The number of fused-ring (bicyclic) bond motifs is 1. The Morgan fingerprint density at radius 1 is 0.304 bits per heavy atom. The van der Waals surface area contributed by atoms with Gasteiger partial charge < -0.3 is 0 Å². The van der Waals surface area contributed by atoms with Gasteiger partial charge in [-0.3, -0.25) is 33.6 Å². The van der Waals surface area contributed by atoms with Gasteiger partial charge in [-0.25, -0.2) is 62.5 Å². The minimum absolute atomic E-state index is 0.0186. The number of nitrogens with one attached hydrogen (secondary N) is 7. The second kappa shape index (κ2) is 62.3. The van der Waals surface area contributed by atoms with Crippen LogP contribution < -0.4 is 33.1 Å². The van der Waals surface area contributed by atoms with Crippen LogP contribution in [0.25, 0.3) is 10.8 Å². The molecule has 8 aliphatic rings.